The zero-order valence-electron chi connectivity index (χ0n) is 15.8. The fourth-order valence-corrected chi connectivity index (χ4v) is 3.66. The average Bonchev–Trinajstić information content (AvgIpc) is 2.64. The molecule has 150 valence electrons. The Bertz CT molecular complexity index is 957. The highest BCUT2D eigenvalue weighted by Gasteiger charge is 2.27. The van der Waals surface area contributed by atoms with Crippen molar-refractivity contribution in [2.24, 2.45) is 11.7 Å². The first-order valence-electron chi connectivity index (χ1n) is 8.58. The van der Waals surface area contributed by atoms with Crippen LogP contribution in [-0.2, 0) is 20.9 Å². The Balaban J connectivity index is 2.50. The van der Waals surface area contributed by atoms with E-state index in [0.29, 0.717) is 10.9 Å². The standard InChI is InChI=1S/C18H22N4O5S/c1-10(2)14(15(24)21-17(19)26)28-18-20-12-7-5-4-6-11(12)16(25)22(18)9-8-13(23)27-3/h4-7,10,14H,8-9H2,1-3H3,(H3,19,21,24,26). The van der Waals surface area contributed by atoms with Gasteiger partial charge >= 0.3 is 12.0 Å². The van der Waals surface area contributed by atoms with Gasteiger partial charge in [0.15, 0.2) is 5.16 Å². The minimum atomic E-state index is -0.953. The molecule has 0 radical (unpaired) electrons. The molecule has 0 saturated heterocycles. The summed E-state index contributed by atoms with van der Waals surface area (Å²) < 4.78 is 5.99. The third-order valence-electron chi connectivity index (χ3n) is 3.94. The number of primary amides is 1. The summed E-state index contributed by atoms with van der Waals surface area (Å²) in [6.07, 6.45) is -0.0240. The van der Waals surface area contributed by atoms with Crippen molar-refractivity contribution in [3.63, 3.8) is 0 Å². The monoisotopic (exact) mass is 406 g/mol. The zero-order chi connectivity index (χ0) is 20.8. The maximum absolute atomic E-state index is 12.9. The van der Waals surface area contributed by atoms with E-state index >= 15 is 0 Å². The predicted molar refractivity (Wildman–Crippen MR) is 105 cm³/mol. The number of thioether (sulfide) groups is 1. The summed E-state index contributed by atoms with van der Waals surface area (Å²) in [7, 11) is 1.27. The molecule has 0 aliphatic carbocycles. The Morgan fingerprint density at radius 3 is 2.57 bits per heavy atom. The Morgan fingerprint density at radius 2 is 1.96 bits per heavy atom. The van der Waals surface area contributed by atoms with Gasteiger partial charge in [-0.05, 0) is 18.1 Å². The van der Waals surface area contributed by atoms with Gasteiger partial charge < -0.3 is 10.5 Å². The number of carbonyl (C=O) groups is 3. The van der Waals surface area contributed by atoms with Gasteiger partial charge in [0.2, 0.25) is 5.91 Å². The van der Waals surface area contributed by atoms with Gasteiger partial charge in [-0.2, -0.15) is 0 Å². The fourth-order valence-electron chi connectivity index (χ4n) is 2.54. The molecule has 9 nitrogen and oxygen atoms in total. The maximum Gasteiger partial charge on any atom is 0.318 e. The van der Waals surface area contributed by atoms with Gasteiger partial charge in [0.1, 0.15) is 0 Å². The number of amides is 3. The quantitative estimate of drug-likeness (QED) is 0.402. The van der Waals surface area contributed by atoms with E-state index in [-0.39, 0.29) is 29.6 Å². The molecule has 1 unspecified atom stereocenters. The lowest BCUT2D eigenvalue weighted by atomic mass is 10.1. The number of rotatable bonds is 7. The normalized spacial score (nSPS) is 12.0. The molecule has 1 aromatic carbocycles. The van der Waals surface area contributed by atoms with Crippen molar-refractivity contribution in [2.75, 3.05) is 7.11 Å². The molecule has 1 aromatic heterocycles. The first kappa shape index (κ1) is 21.4. The molecule has 2 aromatic rings. The lowest BCUT2D eigenvalue weighted by molar-refractivity contribution is -0.140. The van der Waals surface area contributed by atoms with E-state index in [1.807, 2.05) is 0 Å². The minimum Gasteiger partial charge on any atom is -0.469 e. The Morgan fingerprint density at radius 1 is 1.29 bits per heavy atom. The zero-order valence-corrected chi connectivity index (χ0v) is 16.6. The number of imide groups is 1. The van der Waals surface area contributed by atoms with Crippen LogP contribution in [0.15, 0.2) is 34.2 Å². The van der Waals surface area contributed by atoms with Crippen molar-refractivity contribution in [3.05, 3.63) is 34.6 Å². The molecule has 0 fully saturated rings. The van der Waals surface area contributed by atoms with Crippen LogP contribution >= 0.6 is 11.8 Å². The molecule has 0 aliphatic rings. The van der Waals surface area contributed by atoms with E-state index in [4.69, 9.17) is 5.73 Å². The summed E-state index contributed by atoms with van der Waals surface area (Å²) in [4.78, 5) is 52.4. The smallest absolute Gasteiger partial charge is 0.318 e. The summed E-state index contributed by atoms with van der Waals surface area (Å²) in [5.74, 6) is -1.22. The van der Waals surface area contributed by atoms with E-state index in [1.165, 1.54) is 11.7 Å². The van der Waals surface area contributed by atoms with Crippen LogP contribution in [0.25, 0.3) is 10.9 Å². The van der Waals surface area contributed by atoms with Crippen molar-refractivity contribution >= 4 is 40.6 Å². The summed E-state index contributed by atoms with van der Waals surface area (Å²) in [6.45, 7) is 3.65. The van der Waals surface area contributed by atoms with Crippen LogP contribution in [0.5, 0.6) is 0 Å². The van der Waals surface area contributed by atoms with Crippen LogP contribution in [0.4, 0.5) is 4.79 Å². The number of carbonyl (C=O) groups excluding carboxylic acids is 3. The molecule has 0 aliphatic heterocycles. The number of para-hydroxylation sites is 1. The number of benzene rings is 1. The van der Waals surface area contributed by atoms with Crippen molar-refractivity contribution in [1.29, 1.82) is 0 Å². The Hall–Kier alpha value is -2.88. The van der Waals surface area contributed by atoms with E-state index in [0.717, 1.165) is 11.8 Å². The number of fused-ring (bicyclic) bond motifs is 1. The number of nitrogens with zero attached hydrogens (tertiary/aromatic N) is 2. The van der Waals surface area contributed by atoms with Crippen LogP contribution < -0.4 is 16.6 Å². The lowest BCUT2D eigenvalue weighted by Crippen LogP contribution is -2.42. The number of urea groups is 1. The van der Waals surface area contributed by atoms with E-state index in [1.54, 1.807) is 38.1 Å². The number of hydrogen-bond donors (Lipinski definition) is 2. The van der Waals surface area contributed by atoms with Gasteiger partial charge in [0, 0.05) is 6.54 Å². The van der Waals surface area contributed by atoms with Gasteiger partial charge in [-0.15, -0.1) is 0 Å². The molecular formula is C18H22N4O5S. The largest absolute Gasteiger partial charge is 0.469 e. The molecule has 2 rings (SSSR count). The Kier molecular flexibility index (Phi) is 7.16. The molecule has 0 spiro atoms. The highest BCUT2D eigenvalue weighted by atomic mass is 32.2. The second-order valence-corrected chi connectivity index (χ2v) is 7.44. The molecule has 3 amide bonds. The van der Waals surface area contributed by atoms with Gasteiger partial charge in [-0.3, -0.25) is 24.3 Å². The molecule has 0 saturated carbocycles. The van der Waals surface area contributed by atoms with Crippen molar-refractivity contribution in [2.45, 2.75) is 37.2 Å². The minimum absolute atomic E-state index is 0.0240. The molecule has 10 heteroatoms. The lowest BCUT2D eigenvalue weighted by Gasteiger charge is -2.20. The van der Waals surface area contributed by atoms with Crippen LogP contribution in [0.3, 0.4) is 0 Å². The van der Waals surface area contributed by atoms with Crippen LogP contribution in [0, 0.1) is 5.92 Å². The van der Waals surface area contributed by atoms with E-state index in [2.05, 4.69) is 15.0 Å². The number of ether oxygens (including phenoxy) is 1. The van der Waals surface area contributed by atoms with Gasteiger partial charge in [0.05, 0.1) is 29.7 Å². The first-order chi connectivity index (χ1) is 13.2. The molecule has 1 heterocycles. The van der Waals surface area contributed by atoms with Crippen LogP contribution in [0.2, 0.25) is 0 Å². The summed E-state index contributed by atoms with van der Waals surface area (Å²) in [5, 5.41) is 2.02. The number of nitrogens with two attached hydrogens (primary N) is 1. The fraction of sp³-hybridized carbons (Fsp3) is 0.389. The number of aromatic nitrogens is 2. The van der Waals surface area contributed by atoms with Gasteiger partial charge in [-0.1, -0.05) is 37.7 Å². The van der Waals surface area contributed by atoms with E-state index < -0.39 is 23.2 Å². The SMILES string of the molecule is COC(=O)CCn1c(SC(C(=O)NC(N)=O)C(C)C)nc2ccccc2c1=O. The van der Waals surface area contributed by atoms with Crippen LogP contribution in [0.1, 0.15) is 20.3 Å². The second-order valence-electron chi connectivity index (χ2n) is 6.33. The average molecular weight is 406 g/mol. The molecule has 28 heavy (non-hydrogen) atoms. The Labute approximate surface area is 165 Å². The van der Waals surface area contributed by atoms with Crippen molar-refractivity contribution < 1.29 is 19.1 Å². The topological polar surface area (TPSA) is 133 Å². The number of hydrogen-bond acceptors (Lipinski definition) is 7. The maximum atomic E-state index is 12.9. The second kappa shape index (κ2) is 9.36. The molecule has 0 bridgehead atoms. The predicted octanol–water partition coefficient (Wildman–Crippen LogP) is 1.27. The number of methoxy groups -OCH3 is 1. The number of esters is 1. The van der Waals surface area contributed by atoms with Gasteiger partial charge in [0.25, 0.3) is 5.56 Å². The van der Waals surface area contributed by atoms with Crippen LogP contribution in [-0.4, -0.2) is 39.8 Å². The first-order valence-corrected chi connectivity index (χ1v) is 9.46. The van der Waals surface area contributed by atoms with E-state index in [9.17, 15) is 19.2 Å². The molecular weight excluding hydrogens is 384 g/mol. The third-order valence-corrected chi connectivity index (χ3v) is 5.47. The highest BCUT2D eigenvalue weighted by Crippen LogP contribution is 2.27. The summed E-state index contributed by atoms with van der Waals surface area (Å²) >= 11 is 1.04. The summed E-state index contributed by atoms with van der Waals surface area (Å²) in [6, 6.07) is 5.86. The van der Waals surface area contributed by atoms with Crippen molar-refractivity contribution in [3.8, 4) is 0 Å². The highest BCUT2D eigenvalue weighted by molar-refractivity contribution is 8.00. The molecule has 1 atom stereocenters. The van der Waals surface area contributed by atoms with Gasteiger partial charge in [-0.25, -0.2) is 9.78 Å². The molecule has 3 N–H and O–H groups in total. The third kappa shape index (κ3) is 5.10. The number of nitrogens with one attached hydrogen (secondary N) is 1. The van der Waals surface area contributed by atoms with Crippen molar-refractivity contribution in [1.82, 2.24) is 14.9 Å². The summed E-state index contributed by atoms with van der Waals surface area (Å²) in [5.41, 5.74) is 5.20.